The summed E-state index contributed by atoms with van der Waals surface area (Å²) in [6.07, 6.45) is 2.40. The molecule has 0 spiro atoms. The van der Waals surface area contributed by atoms with E-state index in [2.05, 4.69) is 21.2 Å². The van der Waals surface area contributed by atoms with Crippen LogP contribution >= 0.6 is 15.9 Å². The Hall–Kier alpha value is -1.40. The van der Waals surface area contributed by atoms with Crippen LogP contribution in [0.2, 0.25) is 0 Å². The molecule has 0 aromatic heterocycles. The number of nitrogens with one attached hydrogen (secondary N) is 1. The van der Waals surface area contributed by atoms with Crippen LogP contribution in [0, 0.1) is 5.92 Å². The van der Waals surface area contributed by atoms with E-state index in [9.17, 15) is 9.59 Å². The van der Waals surface area contributed by atoms with Gasteiger partial charge in [0.15, 0.2) is 0 Å². The monoisotopic (exact) mass is 379 g/mol. The number of para-hydroxylation sites is 1. The first-order valence-electron chi connectivity index (χ1n) is 8.11. The Morgan fingerprint density at radius 2 is 2.17 bits per heavy atom. The van der Waals surface area contributed by atoms with Gasteiger partial charge in [-0.1, -0.05) is 12.1 Å². The van der Waals surface area contributed by atoms with E-state index in [4.69, 9.17) is 0 Å². The van der Waals surface area contributed by atoms with Gasteiger partial charge in [0.1, 0.15) is 0 Å². The SMILES string of the molecule is CNCC1CCCN1C(=O)C1CC(=O)N(c2ccccc2Br)C1. The van der Waals surface area contributed by atoms with Crippen molar-refractivity contribution in [3.05, 3.63) is 28.7 Å². The van der Waals surface area contributed by atoms with Gasteiger partial charge in [0.25, 0.3) is 0 Å². The van der Waals surface area contributed by atoms with Crippen molar-refractivity contribution in [2.75, 3.05) is 31.6 Å². The van der Waals surface area contributed by atoms with Gasteiger partial charge in [-0.15, -0.1) is 0 Å². The molecule has 0 saturated carbocycles. The first-order chi connectivity index (χ1) is 11.1. The van der Waals surface area contributed by atoms with Gasteiger partial charge >= 0.3 is 0 Å². The molecular weight excluding hydrogens is 358 g/mol. The third-order valence-electron chi connectivity index (χ3n) is 4.72. The average molecular weight is 380 g/mol. The molecule has 2 atom stereocenters. The highest BCUT2D eigenvalue weighted by molar-refractivity contribution is 9.10. The molecule has 3 rings (SSSR count). The van der Waals surface area contributed by atoms with Gasteiger partial charge in [-0.25, -0.2) is 0 Å². The summed E-state index contributed by atoms with van der Waals surface area (Å²) in [5, 5.41) is 3.16. The van der Waals surface area contributed by atoms with Crippen LogP contribution in [0.4, 0.5) is 5.69 Å². The van der Waals surface area contributed by atoms with Crippen LogP contribution in [0.3, 0.4) is 0 Å². The maximum absolute atomic E-state index is 12.8. The summed E-state index contributed by atoms with van der Waals surface area (Å²) >= 11 is 3.49. The fourth-order valence-electron chi connectivity index (χ4n) is 3.58. The molecule has 2 aliphatic heterocycles. The average Bonchev–Trinajstić information content (AvgIpc) is 3.14. The van der Waals surface area contributed by atoms with Gasteiger partial charge in [0.05, 0.1) is 11.6 Å². The second kappa shape index (κ2) is 7.01. The smallest absolute Gasteiger partial charge is 0.228 e. The Labute approximate surface area is 145 Å². The van der Waals surface area contributed by atoms with E-state index in [0.717, 1.165) is 36.1 Å². The Kier molecular flexibility index (Phi) is 5.02. The third kappa shape index (κ3) is 3.28. The van der Waals surface area contributed by atoms with Crippen LogP contribution in [0.25, 0.3) is 0 Å². The summed E-state index contributed by atoms with van der Waals surface area (Å²) in [5.74, 6) is -0.0719. The van der Waals surface area contributed by atoms with Crippen LogP contribution in [0.15, 0.2) is 28.7 Å². The number of likely N-dealkylation sites (N-methyl/N-ethyl adjacent to an activating group) is 1. The van der Waals surface area contributed by atoms with E-state index < -0.39 is 0 Å². The molecule has 2 amide bonds. The summed E-state index contributed by atoms with van der Waals surface area (Å²) in [6.45, 7) is 2.11. The number of carbonyl (C=O) groups excluding carboxylic acids is 2. The van der Waals surface area contributed by atoms with E-state index >= 15 is 0 Å². The van der Waals surface area contributed by atoms with Crippen molar-refractivity contribution in [2.24, 2.45) is 5.92 Å². The molecule has 6 heteroatoms. The maximum Gasteiger partial charge on any atom is 0.228 e. The number of anilines is 1. The molecule has 2 fully saturated rings. The molecule has 5 nitrogen and oxygen atoms in total. The molecule has 1 N–H and O–H groups in total. The van der Waals surface area contributed by atoms with Crippen LogP contribution in [-0.4, -0.2) is 49.4 Å². The van der Waals surface area contributed by atoms with Crippen molar-refractivity contribution >= 4 is 33.4 Å². The lowest BCUT2D eigenvalue weighted by atomic mass is 10.1. The summed E-state index contributed by atoms with van der Waals surface area (Å²) in [5.41, 5.74) is 0.848. The van der Waals surface area contributed by atoms with Gasteiger partial charge < -0.3 is 15.1 Å². The van der Waals surface area contributed by atoms with Crippen molar-refractivity contribution in [3.8, 4) is 0 Å². The minimum atomic E-state index is -0.230. The molecule has 2 aliphatic rings. The van der Waals surface area contributed by atoms with Crippen molar-refractivity contribution in [2.45, 2.75) is 25.3 Å². The fourth-order valence-corrected chi connectivity index (χ4v) is 4.08. The minimum Gasteiger partial charge on any atom is -0.338 e. The number of benzene rings is 1. The lowest BCUT2D eigenvalue weighted by molar-refractivity contribution is -0.136. The summed E-state index contributed by atoms with van der Waals surface area (Å²) in [7, 11) is 1.91. The van der Waals surface area contributed by atoms with Gasteiger partial charge in [0, 0.05) is 36.6 Å². The van der Waals surface area contributed by atoms with Gasteiger partial charge in [-0.2, -0.15) is 0 Å². The second-order valence-corrected chi connectivity index (χ2v) is 7.10. The molecule has 0 radical (unpaired) electrons. The van der Waals surface area contributed by atoms with E-state index in [-0.39, 0.29) is 23.8 Å². The Morgan fingerprint density at radius 3 is 2.91 bits per heavy atom. The number of amides is 2. The summed E-state index contributed by atoms with van der Waals surface area (Å²) in [6, 6.07) is 7.92. The molecule has 0 bridgehead atoms. The normalized spacial score (nSPS) is 24.5. The first-order valence-corrected chi connectivity index (χ1v) is 8.91. The highest BCUT2D eigenvalue weighted by Crippen LogP contribution is 2.32. The van der Waals surface area contributed by atoms with E-state index in [1.54, 1.807) is 4.90 Å². The van der Waals surface area contributed by atoms with Crippen molar-refractivity contribution < 1.29 is 9.59 Å². The molecule has 1 aromatic carbocycles. The number of nitrogens with zero attached hydrogens (tertiary/aromatic N) is 2. The highest BCUT2D eigenvalue weighted by atomic mass is 79.9. The van der Waals surface area contributed by atoms with Crippen LogP contribution in [0.1, 0.15) is 19.3 Å². The first kappa shape index (κ1) is 16.5. The van der Waals surface area contributed by atoms with Crippen LogP contribution < -0.4 is 10.2 Å². The zero-order valence-electron chi connectivity index (χ0n) is 13.3. The number of hydrogen-bond acceptors (Lipinski definition) is 3. The summed E-state index contributed by atoms with van der Waals surface area (Å²) in [4.78, 5) is 28.9. The number of halogens is 1. The van der Waals surface area contributed by atoms with Gasteiger partial charge in [0.2, 0.25) is 11.8 Å². The van der Waals surface area contributed by atoms with Crippen molar-refractivity contribution in [1.29, 1.82) is 0 Å². The van der Waals surface area contributed by atoms with Gasteiger partial charge in [-0.3, -0.25) is 9.59 Å². The number of likely N-dealkylation sites (tertiary alicyclic amines) is 1. The Balaban J connectivity index is 1.72. The highest BCUT2D eigenvalue weighted by Gasteiger charge is 2.40. The van der Waals surface area contributed by atoms with Gasteiger partial charge in [-0.05, 0) is 48.0 Å². The maximum atomic E-state index is 12.8. The van der Waals surface area contributed by atoms with E-state index in [1.807, 2.05) is 36.2 Å². The zero-order valence-corrected chi connectivity index (χ0v) is 14.9. The van der Waals surface area contributed by atoms with E-state index in [0.29, 0.717) is 13.0 Å². The lowest BCUT2D eigenvalue weighted by Gasteiger charge is -2.27. The molecular formula is C17H22BrN3O2. The molecule has 23 heavy (non-hydrogen) atoms. The number of carbonyl (C=O) groups is 2. The number of hydrogen-bond donors (Lipinski definition) is 1. The predicted octanol–water partition coefficient (Wildman–Crippen LogP) is 2.01. The largest absolute Gasteiger partial charge is 0.338 e. The molecule has 0 aliphatic carbocycles. The standard InChI is InChI=1S/C17H22BrN3O2/c1-19-10-13-5-4-8-20(13)17(23)12-9-16(22)21(11-12)15-7-3-2-6-14(15)18/h2-3,6-7,12-13,19H,4-5,8-11H2,1H3. The fraction of sp³-hybridized carbons (Fsp3) is 0.529. The predicted molar refractivity (Wildman–Crippen MR) is 93.3 cm³/mol. The third-order valence-corrected chi connectivity index (χ3v) is 5.39. The molecule has 2 unspecified atom stereocenters. The number of rotatable bonds is 4. The summed E-state index contributed by atoms with van der Waals surface area (Å²) < 4.78 is 0.885. The Bertz CT molecular complexity index is 607. The van der Waals surface area contributed by atoms with Crippen molar-refractivity contribution in [3.63, 3.8) is 0 Å². The molecule has 1 aromatic rings. The van der Waals surface area contributed by atoms with Crippen LogP contribution in [-0.2, 0) is 9.59 Å². The van der Waals surface area contributed by atoms with Crippen LogP contribution in [0.5, 0.6) is 0 Å². The Morgan fingerprint density at radius 1 is 1.39 bits per heavy atom. The molecule has 2 heterocycles. The molecule has 2 saturated heterocycles. The zero-order chi connectivity index (χ0) is 16.4. The lowest BCUT2D eigenvalue weighted by Crippen LogP contribution is -2.44. The quantitative estimate of drug-likeness (QED) is 0.870. The van der Waals surface area contributed by atoms with Crippen molar-refractivity contribution in [1.82, 2.24) is 10.2 Å². The minimum absolute atomic E-state index is 0.0274. The topological polar surface area (TPSA) is 52.7 Å². The second-order valence-electron chi connectivity index (χ2n) is 6.24. The molecule has 124 valence electrons. The van der Waals surface area contributed by atoms with E-state index in [1.165, 1.54) is 0 Å².